The predicted molar refractivity (Wildman–Crippen MR) is 356 cm³/mol. The number of fused-ring (bicyclic) bond motifs is 2. The summed E-state index contributed by atoms with van der Waals surface area (Å²) in [6.45, 7) is 8.72. The number of nitrogens with one attached hydrogen (secondary N) is 4. The normalized spacial score (nSPS) is 16.8. The van der Waals surface area contributed by atoms with Crippen LogP contribution in [-0.2, 0) is 100 Å². The van der Waals surface area contributed by atoms with Crippen molar-refractivity contribution in [1.82, 2.24) is 45.9 Å². The van der Waals surface area contributed by atoms with Crippen LogP contribution in [0.3, 0.4) is 0 Å². The maximum Gasteiger partial charge on any atom is 0.408 e. The number of rotatable bonds is 41. The lowest BCUT2D eigenvalue weighted by Crippen LogP contribution is -2.59. The molecule has 0 bridgehead atoms. The minimum Gasteiger partial charge on any atom is -0.491 e. The number of benzene rings is 4. The second kappa shape index (κ2) is 37.6. The van der Waals surface area contributed by atoms with Gasteiger partial charge >= 0.3 is 12.1 Å². The molecule has 8 rings (SSSR count). The first-order valence-corrected chi connectivity index (χ1v) is 35.1. The molecule has 3 amide bonds. The van der Waals surface area contributed by atoms with Gasteiger partial charge in [-0.2, -0.15) is 16.8 Å². The molecular weight excluding hydrogens is 1400 g/mol. The van der Waals surface area contributed by atoms with Crippen LogP contribution in [0, 0.1) is 5.41 Å². The fraction of sp³-hybridized carbons (Fsp3) is 0.484. The molecule has 5 aromatic rings. The molecule has 6 atom stereocenters. The number of aromatic nitrogens is 6. The SMILES string of the molecule is CC(C)(C)OC(=O)N[C@@H](Cc1cn(CCOCCOCCOCCOc2ccc(CCO[C@@H]3O[C@H](CO)[C@@H](O)[C@H](O)[C@H]3O)cc2)nn1)C(=O)NCCOCCOCCOCCn1cc(CNC(=O)c2ccc(C(=O)O)c(-c3c4ccc(=N)c(S(=O)(=O)O)c-4oc4c(S(=O)(=O)O)c(N)ccc34)c2)nn1. The number of hydrogen-bond donors (Lipinski definition) is 12. The van der Waals surface area contributed by atoms with Gasteiger partial charge in [-0.15, -0.1) is 10.2 Å². The van der Waals surface area contributed by atoms with Crippen LogP contribution < -0.4 is 31.8 Å². The number of nitrogen functional groups attached to an aromatic ring is 1. The Balaban J connectivity index is 0.672. The third-order valence-corrected chi connectivity index (χ3v) is 17.1. The fourth-order valence-electron chi connectivity index (χ4n) is 10.3. The number of nitrogens with two attached hydrogens (primary N) is 1. The third-order valence-electron chi connectivity index (χ3n) is 15.2. The Labute approximate surface area is 589 Å². The highest BCUT2D eigenvalue weighted by atomic mass is 32.2. The lowest BCUT2D eigenvalue weighted by Gasteiger charge is -2.39. The Bertz CT molecular complexity index is 4250. The smallest absolute Gasteiger partial charge is 0.408 e. The number of ether oxygens (including phenoxy) is 10. The van der Waals surface area contributed by atoms with Crippen LogP contribution in [-0.4, -0.2) is 253 Å². The number of aliphatic hydroxyl groups excluding tert-OH is 4. The average molecular weight is 1490 g/mol. The highest BCUT2D eigenvalue weighted by Crippen LogP contribution is 2.46. The van der Waals surface area contributed by atoms with Crippen molar-refractivity contribution in [2.75, 3.05) is 111 Å². The number of nitrogens with zero attached hydrogens (tertiary/aromatic N) is 6. The zero-order valence-corrected chi connectivity index (χ0v) is 57.9. The molecule has 37 nitrogen and oxygen atoms in total. The van der Waals surface area contributed by atoms with Gasteiger partial charge in [0.2, 0.25) is 5.91 Å². The largest absolute Gasteiger partial charge is 0.491 e. The first-order valence-electron chi connectivity index (χ1n) is 32.2. The van der Waals surface area contributed by atoms with Gasteiger partial charge in [0.1, 0.15) is 54.1 Å². The van der Waals surface area contributed by atoms with E-state index in [1.807, 2.05) is 12.1 Å². The molecule has 1 aliphatic carbocycles. The minimum absolute atomic E-state index is 0.00000477. The van der Waals surface area contributed by atoms with E-state index in [9.17, 15) is 70.7 Å². The van der Waals surface area contributed by atoms with E-state index in [4.69, 9.17) is 62.9 Å². The summed E-state index contributed by atoms with van der Waals surface area (Å²) >= 11 is 0. The summed E-state index contributed by atoms with van der Waals surface area (Å²) in [7, 11) is -10.5. The van der Waals surface area contributed by atoms with Crippen LogP contribution in [0.15, 0.2) is 93.3 Å². The van der Waals surface area contributed by atoms with Gasteiger partial charge in [0.25, 0.3) is 26.1 Å². The second-order valence-corrected chi connectivity index (χ2v) is 26.7. The molecule has 0 radical (unpaired) electrons. The van der Waals surface area contributed by atoms with E-state index in [0.29, 0.717) is 76.4 Å². The van der Waals surface area contributed by atoms with Crippen molar-refractivity contribution in [3.8, 4) is 28.2 Å². The summed E-state index contributed by atoms with van der Waals surface area (Å²) in [5.41, 5.74) is 4.20. The molecule has 2 aromatic heterocycles. The molecule has 3 aliphatic rings. The number of carbonyl (C=O) groups excluding carboxylic acids is 3. The number of hydrogen-bond acceptors (Lipinski definition) is 29. The zero-order chi connectivity index (χ0) is 74.4. The Kier molecular flexibility index (Phi) is 29.2. The summed E-state index contributed by atoms with van der Waals surface area (Å²) in [5, 5.41) is 81.4. The van der Waals surface area contributed by atoms with Crippen molar-refractivity contribution in [3.05, 3.63) is 113 Å². The van der Waals surface area contributed by atoms with E-state index in [2.05, 4.69) is 36.6 Å². The number of aromatic carboxylic acids is 1. The van der Waals surface area contributed by atoms with Crippen molar-refractivity contribution in [3.63, 3.8) is 0 Å². The van der Waals surface area contributed by atoms with Gasteiger partial charge in [-0.25, -0.2) is 19.0 Å². The molecule has 0 unspecified atom stereocenters. The molecule has 13 N–H and O–H groups in total. The van der Waals surface area contributed by atoms with Gasteiger partial charge in [-0.1, -0.05) is 22.6 Å². The van der Waals surface area contributed by atoms with Crippen molar-refractivity contribution in [2.45, 2.75) is 105 Å². The predicted octanol–water partition coefficient (Wildman–Crippen LogP) is 0.361. The zero-order valence-electron chi connectivity index (χ0n) is 56.3. The van der Waals surface area contributed by atoms with Gasteiger partial charge in [0.15, 0.2) is 27.4 Å². The van der Waals surface area contributed by atoms with Gasteiger partial charge in [-0.3, -0.25) is 24.1 Å². The van der Waals surface area contributed by atoms with E-state index in [-0.39, 0.29) is 99.9 Å². The standard InChI is InChI=1S/C64H83N11O26S2/c1-64(2,3)101-63(84)69-49(33-40-35-74(72-70-40)16-20-92-24-27-95-28-29-96-30-31-97-42-7-4-38(5-8-42)14-18-98-62-54(79)53(78)52(77)50(37-76)99-62)60(81)67-15-19-91-22-25-94-26-23-93-21-17-75-36-41(71-73-75)34-68-59(80)39-6-9-43(61(82)83)46(32-39)51-44-10-12-47(65)57(102(85,86)87)55(44)100-56-45(51)11-13-48(66)58(56)103(88,89)90/h4-13,32,35-36,49-50,52-54,62,65,76-79H,14-31,33-34,37,66H2,1-3H3,(H,67,81)(H,68,80)(H,69,84)(H,82,83)(H,85,86,87)(H,88,89,90)/t49-,50+,52+,53-,54+,62+/m0/s1. The number of carbonyl (C=O) groups is 4. The second-order valence-electron chi connectivity index (χ2n) is 24.0. The van der Waals surface area contributed by atoms with Crippen molar-refractivity contribution >= 4 is 60.8 Å². The van der Waals surface area contributed by atoms with Crippen LogP contribution in [0.2, 0.25) is 0 Å². The van der Waals surface area contributed by atoms with Crippen molar-refractivity contribution in [1.29, 1.82) is 5.41 Å². The Morgan fingerprint density at radius 3 is 1.88 bits per heavy atom. The van der Waals surface area contributed by atoms with Gasteiger partial charge in [0, 0.05) is 41.2 Å². The van der Waals surface area contributed by atoms with E-state index in [1.165, 1.54) is 22.9 Å². The average Bonchev–Trinajstić information content (AvgIpc) is 1.37. The summed E-state index contributed by atoms with van der Waals surface area (Å²) < 4.78 is 135. The van der Waals surface area contributed by atoms with Gasteiger partial charge in [0.05, 0.1) is 141 Å². The van der Waals surface area contributed by atoms with Gasteiger partial charge in [-0.05, 0) is 92.9 Å². The van der Waals surface area contributed by atoms with Crippen LogP contribution >= 0.6 is 0 Å². The number of amides is 3. The Morgan fingerprint density at radius 1 is 0.689 bits per heavy atom. The van der Waals surface area contributed by atoms with Crippen molar-refractivity contribution < 1.29 is 122 Å². The van der Waals surface area contributed by atoms with E-state index < -0.39 is 131 Å². The summed E-state index contributed by atoms with van der Waals surface area (Å²) in [6.07, 6.45) is -3.79. The van der Waals surface area contributed by atoms with Crippen LogP contribution in [0.1, 0.15) is 58.4 Å². The minimum atomic E-state index is -5.27. The molecule has 1 saturated heterocycles. The lowest BCUT2D eigenvalue weighted by atomic mass is 9.89. The number of carboxylic acids is 1. The van der Waals surface area contributed by atoms with Crippen molar-refractivity contribution in [2.24, 2.45) is 0 Å². The van der Waals surface area contributed by atoms with E-state index >= 15 is 0 Å². The molecule has 4 heterocycles. The molecule has 103 heavy (non-hydrogen) atoms. The highest BCUT2D eigenvalue weighted by molar-refractivity contribution is 7.86. The van der Waals surface area contributed by atoms with Crippen LogP contribution in [0.25, 0.3) is 33.4 Å². The molecule has 562 valence electrons. The first-order chi connectivity index (χ1) is 49.1. The summed E-state index contributed by atoms with van der Waals surface area (Å²) in [4.78, 5) is 50.4. The molecular formula is C64H83N11O26S2. The number of carboxylic acid groups (broad SMARTS) is 1. The number of aliphatic hydroxyl groups is 4. The Morgan fingerprint density at radius 2 is 1.28 bits per heavy atom. The fourth-order valence-corrected chi connectivity index (χ4v) is 11.8. The molecule has 39 heteroatoms. The molecule has 3 aromatic carbocycles. The van der Waals surface area contributed by atoms with Crippen LogP contribution in [0.4, 0.5) is 10.5 Å². The van der Waals surface area contributed by atoms with E-state index in [1.54, 1.807) is 50.0 Å². The number of alkyl carbamates (subject to hydrolysis) is 1. The molecule has 2 aliphatic heterocycles. The Hall–Kier alpha value is -8.75. The monoisotopic (exact) mass is 1490 g/mol. The van der Waals surface area contributed by atoms with E-state index in [0.717, 1.165) is 29.8 Å². The quantitative estimate of drug-likeness (QED) is 0.0107. The molecule has 1 fully saturated rings. The molecule has 0 saturated carbocycles. The summed E-state index contributed by atoms with van der Waals surface area (Å²) in [6, 6.07) is 14.1. The maximum absolute atomic E-state index is 13.7. The highest BCUT2D eigenvalue weighted by Gasteiger charge is 2.44. The topological polar surface area (TPSA) is 531 Å². The van der Waals surface area contributed by atoms with Gasteiger partial charge < -0.3 is 99.0 Å². The number of anilines is 1. The molecule has 0 spiro atoms. The summed E-state index contributed by atoms with van der Waals surface area (Å²) in [5.74, 6) is -2.90. The third kappa shape index (κ3) is 23.4. The lowest BCUT2D eigenvalue weighted by molar-refractivity contribution is -0.300. The first kappa shape index (κ1) is 79.9. The maximum atomic E-state index is 13.7. The van der Waals surface area contributed by atoms with Crippen LogP contribution in [0.5, 0.6) is 5.75 Å².